The van der Waals surface area contributed by atoms with E-state index in [0.717, 1.165) is 23.7 Å². The SMILES string of the molecule is COCc1nc(C(=O)N2CCNCC2c2cccnc2)cs1. The number of carbonyl (C=O) groups excluding carboxylic acids is 1. The monoisotopic (exact) mass is 318 g/mol. The van der Waals surface area contributed by atoms with Gasteiger partial charge in [-0.05, 0) is 11.6 Å². The van der Waals surface area contributed by atoms with Gasteiger partial charge in [0.15, 0.2) is 0 Å². The average molecular weight is 318 g/mol. The van der Waals surface area contributed by atoms with Crippen LogP contribution in [0.3, 0.4) is 0 Å². The van der Waals surface area contributed by atoms with Crippen LogP contribution in [0.4, 0.5) is 0 Å². The Hall–Kier alpha value is -1.83. The number of pyridine rings is 1. The Kier molecular flexibility index (Phi) is 4.77. The molecule has 6 nitrogen and oxygen atoms in total. The number of aromatic nitrogens is 2. The number of amides is 1. The molecule has 0 spiro atoms. The van der Waals surface area contributed by atoms with Crippen LogP contribution in [-0.4, -0.2) is 47.5 Å². The fraction of sp³-hybridized carbons (Fsp3) is 0.400. The summed E-state index contributed by atoms with van der Waals surface area (Å²) < 4.78 is 5.06. The van der Waals surface area contributed by atoms with E-state index in [4.69, 9.17) is 4.74 Å². The number of nitrogens with one attached hydrogen (secondary N) is 1. The molecule has 116 valence electrons. The minimum absolute atomic E-state index is 0.0116. The quantitative estimate of drug-likeness (QED) is 0.925. The first-order valence-corrected chi connectivity index (χ1v) is 8.02. The van der Waals surface area contributed by atoms with Crippen molar-refractivity contribution in [3.8, 4) is 0 Å². The Labute approximate surface area is 133 Å². The molecule has 22 heavy (non-hydrogen) atoms. The van der Waals surface area contributed by atoms with Gasteiger partial charge < -0.3 is 15.0 Å². The lowest BCUT2D eigenvalue weighted by molar-refractivity contribution is 0.0628. The molecule has 0 aromatic carbocycles. The Morgan fingerprint density at radius 3 is 3.27 bits per heavy atom. The van der Waals surface area contributed by atoms with Crippen LogP contribution in [0.1, 0.15) is 27.1 Å². The first-order chi connectivity index (χ1) is 10.8. The summed E-state index contributed by atoms with van der Waals surface area (Å²) in [5.41, 5.74) is 1.53. The zero-order chi connectivity index (χ0) is 15.4. The number of thiazole rings is 1. The number of rotatable bonds is 4. The molecule has 1 N–H and O–H groups in total. The summed E-state index contributed by atoms with van der Waals surface area (Å²) >= 11 is 1.45. The van der Waals surface area contributed by atoms with Crippen molar-refractivity contribution in [1.29, 1.82) is 0 Å². The highest BCUT2D eigenvalue weighted by Gasteiger charge is 2.29. The lowest BCUT2D eigenvalue weighted by atomic mass is 10.1. The molecule has 0 radical (unpaired) electrons. The van der Waals surface area contributed by atoms with Crippen LogP contribution >= 0.6 is 11.3 Å². The van der Waals surface area contributed by atoms with Gasteiger partial charge in [0, 0.05) is 44.5 Å². The van der Waals surface area contributed by atoms with Gasteiger partial charge in [-0.25, -0.2) is 4.98 Å². The molecule has 1 fully saturated rings. The molecule has 1 aliphatic heterocycles. The summed E-state index contributed by atoms with van der Waals surface area (Å²) in [6.07, 6.45) is 3.55. The third kappa shape index (κ3) is 3.16. The van der Waals surface area contributed by atoms with Crippen molar-refractivity contribution < 1.29 is 9.53 Å². The van der Waals surface area contributed by atoms with Crippen molar-refractivity contribution in [3.05, 3.63) is 46.2 Å². The molecule has 2 aromatic rings. The van der Waals surface area contributed by atoms with Gasteiger partial charge in [-0.15, -0.1) is 11.3 Å². The number of nitrogens with zero attached hydrogens (tertiary/aromatic N) is 3. The molecule has 1 unspecified atom stereocenters. The van der Waals surface area contributed by atoms with Gasteiger partial charge in [-0.1, -0.05) is 6.07 Å². The summed E-state index contributed by atoms with van der Waals surface area (Å²) in [6, 6.07) is 3.89. The molecule has 0 bridgehead atoms. The maximum atomic E-state index is 12.8. The van der Waals surface area contributed by atoms with E-state index in [1.807, 2.05) is 23.2 Å². The molecule has 0 saturated carbocycles. The van der Waals surface area contributed by atoms with Crippen molar-refractivity contribution in [2.24, 2.45) is 0 Å². The van der Waals surface area contributed by atoms with E-state index in [1.54, 1.807) is 18.7 Å². The van der Waals surface area contributed by atoms with Crippen LogP contribution < -0.4 is 5.32 Å². The van der Waals surface area contributed by atoms with Crippen molar-refractivity contribution in [1.82, 2.24) is 20.2 Å². The lowest BCUT2D eigenvalue weighted by Crippen LogP contribution is -2.48. The molecular formula is C15H18N4O2S. The van der Waals surface area contributed by atoms with Crippen LogP contribution in [0.2, 0.25) is 0 Å². The van der Waals surface area contributed by atoms with E-state index in [-0.39, 0.29) is 11.9 Å². The molecule has 7 heteroatoms. The van der Waals surface area contributed by atoms with Crippen LogP contribution in [0, 0.1) is 0 Å². The lowest BCUT2D eigenvalue weighted by Gasteiger charge is -2.36. The van der Waals surface area contributed by atoms with Gasteiger partial charge in [0.25, 0.3) is 5.91 Å². The maximum Gasteiger partial charge on any atom is 0.273 e. The van der Waals surface area contributed by atoms with E-state index in [9.17, 15) is 4.79 Å². The van der Waals surface area contributed by atoms with Gasteiger partial charge in [-0.2, -0.15) is 0 Å². The first kappa shape index (κ1) is 15.1. The minimum Gasteiger partial charge on any atom is -0.378 e. The fourth-order valence-electron chi connectivity index (χ4n) is 2.56. The van der Waals surface area contributed by atoms with Gasteiger partial charge >= 0.3 is 0 Å². The Balaban J connectivity index is 1.82. The number of carbonyl (C=O) groups is 1. The second-order valence-corrected chi connectivity index (χ2v) is 6.01. The normalized spacial score (nSPS) is 18.4. The van der Waals surface area contributed by atoms with Crippen molar-refractivity contribution in [2.45, 2.75) is 12.6 Å². The fourth-order valence-corrected chi connectivity index (χ4v) is 3.30. The molecular weight excluding hydrogens is 300 g/mol. The molecule has 2 aromatic heterocycles. The summed E-state index contributed by atoms with van der Waals surface area (Å²) in [4.78, 5) is 23.2. The summed E-state index contributed by atoms with van der Waals surface area (Å²) in [5, 5.41) is 5.96. The Bertz CT molecular complexity index is 631. The molecule has 1 amide bonds. The van der Waals surface area contributed by atoms with E-state index < -0.39 is 0 Å². The number of hydrogen-bond donors (Lipinski definition) is 1. The van der Waals surface area contributed by atoms with Gasteiger partial charge in [0.1, 0.15) is 10.7 Å². The van der Waals surface area contributed by atoms with E-state index in [0.29, 0.717) is 18.8 Å². The Morgan fingerprint density at radius 2 is 2.50 bits per heavy atom. The number of ether oxygens (including phenoxy) is 1. The number of hydrogen-bond acceptors (Lipinski definition) is 6. The molecule has 1 aliphatic rings. The highest BCUT2D eigenvalue weighted by molar-refractivity contribution is 7.09. The van der Waals surface area contributed by atoms with Crippen LogP contribution in [0.25, 0.3) is 0 Å². The average Bonchev–Trinajstić information content (AvgIpc) is 3.04. The molecule has 1 saturated heterocycles. The smallest absolute Gasteiger partial charge is 0.273 e. The van der Waals surface area contributed by atoms with Crippen molar-refractivity contribution in [3.63, 3.8) is 0 Å². The van der Waals surface area contributed by atoms with Crippen molar-refractivity contribution in [2.75, 3.05) is 26.7 Å². The standard InChI is InChI=1S/C15H18N4O2S/c1-21-9-14-18-12(10-22-14)15(20)19-6-5-17-8-13(19)11-3-2-4-16-7-11/h2-4,7,10,13,17H,5-6,8-9H2,1H3. The van der Waals surface area contributed by atoms with Crippen molar-refractivity contribution >= 4 is 17.2 Å². The highest BCUT2D eigenvalue weighted by atomic mass is 32.1. The number of piperazine rings is 1. The Morgan fingerprint density at radius 1 is 1.59 bits per heavy atom. The van der Waals surface area contributed by atoms with Gasteiger partial charge in [0.05, 0.1) is 12.6 Å². The summed E-state index contributed by atoms with van der Waals surface area (Å²) in [5.74, 6) is -0.0334. The number of methoxy groups -OCH3 is 1. The molecule has 3 heterocycles. The van der Waals surface area contributed by atoms with Crippen LogP contribution in [-0.2, 0) is 11.3 Å². The second kappa shape index (κ2) is 6.95. The summed E-state index contributed by atoms with van der Waals surface area (Å²) in [7, 11) is 1.62. The predicted molar refractivity (Wildman–Crippen MR) is 83.7 cm³/mol. The largest absolute Gasteiger partial charge is 0.378 e. The maximum absolute atomic E-state index is 12.8. The highest BCUT2D eigenvalue weighted by Crippen LogP contribution is 2.24. The molecule has 1 atom stereocenters. The topological polar surface area (TPSA) is 67.3 Å². The van der Waals surface area contributed by atoms with E-state index in [1.165, 1.54) is 11.3 Å². The summed E-state index contributed by atoms with van der Waals surface area (Å²) in [6.45, 7) is 2.62. The van der Waals surface area contributed by atoms with Crippen LogP contribution in [0.15, 0.2) is 29.9 Å². The predicted octanol–water partition coefficient (Wildman–Crippen LogP) is 1.47. The molecule has 0 aliphatic carbocycles. The molecule has 3 rings (SSSR count). The minimum atomic E-state index is -0.0334. The van der Waals surface area contributed by atoms with Crippen LogP contribution in [0.5, 0.6) is 0 Å². The van der Waals surface area contributed by atoms with E-state index in [2.05, 4.69) is 15.3 Å². The van der Waals surface area contributed by atoms with Gasteiger partial charge in [-0.3, -0.25) is 9.78 Å². The third-order valence-electron chi connectivity index (χ3n) is 3.61. The third-order valence-corrected chi connectivity index (χ3v) is 4.43. The zero-order valence-corrected chi connectivity index (χ0v) is 13.2. The second-order valence-electron chi connectivity index (χ2n) is 5.06. The van der Waals surface area contributed by atoms with Gasteiger partial charge in [0.2, 0.25) is 0 Å². The zero-order valence-electron chi connectivity index (χ0n) is 12.4. The first-order valence-electron chi connectivity index (χ1n) is 7.14. The van der Waals surface area contributed by atoms with E-state index >= 15 is 0 Å².